The van der Waals surface area contributed by atoms with Gasteiger partial charge in [-0.1, -0.05) is 60.7 Å². The normalized spacial score (nSPS) is 16.6. The van der Waals surface area contributed by atoms with Crippen molar-refractivity contribution in [3.05, 3.63) is 102 Å². The maximum Gasteiger partial charge on any atom is 0.240 e. The molecule has 1 aromatic heterocycles. The van der Waals surface area contributed by atoms with Gasteiger partial charge < -0.3 is 31.8 Å². The Hall–Kier alpha value is -4.96. The number of ketones is 1. The van der Waals surface area contributed by atoms with E-state index in [9.17, 15) is 24.3 Å². The third-order valence-corrected chi connectivity index (χ3v) is 8.52. The lowest BCUT2D eigenvalue weighted by molar-refractivity contribution is -0.139. The van der Waals surface area contributed by atoms with Crippen LogP contribution >= 0.6 is 0 Å². The van der Waals surface area contributed by atoms with Crippen molar-refractivity contribution in [3.63, 3.8) is 0 Å². The highest BCUT2D eigenvalue weighted by Crippen LogP contribution is 2.26. The lowest BCUT2D eigenvalue weighted by Gasteiger charge is -2.28. The number of phenolic OH excluding ortho intramolecular Hbond substituents is 1. The zero-order valence-electron chi connectivity index (χ0n) is 25.0. The van der Waals surface area contributed by atoms with Crippen molar-refractivity contribution in [2.24, 2.45) is 17.4 Å². The Labute approximate surface area is 261 Å². The Morgan fingerprint density at radius 1 is 0.911 bits per heavy atom. The SMILES string of the molecule is NC(=O)C(Cc1ccccc1)NC(=O)C(CC(=O)C1CCCN1C(=O)C(N)Cc1ccc(O)cc1)Cc1c[nH]c2ccccc12. The molecule has 1 aliphatic heterocycles. The van der Waals surface area contributed by atoms with Crippen LogP contribution in [-0.4, -0.2) is 63.2 Å². The number of benzene rings is 3. The van der Waals surface area contributed by atoms with Gasteiger partial charge in [-0.15, -0.1) is 0 Å². The van der Waals surface area contributed by atoms with Crippen LogP contribution in [0.15, 0.2) is 85.1 Å². The standard InChI is InChI=1S/C35H39N5O5/c36-28(17-23-12-14-26(41)15-13-23)35(45)40-16-6-11-31(40)32(42)20-24(19-25-21-38-29-10-5-4-9-27(25)29)34(44)39-30(33(37)43)18-22-7-2-1-3-8-22/h1-5,7-10,12-15,21,24,28,30-31,38,41H,6,11,16-20,36H2,(H2,37,43)(H,39,44). The van der Waals surface area contributed by atoms with Gasteiger partial charge in [-0.3, -0.25) is 19.2 Å². The number of nitrogens with two attached hydrogens (primary N) is 2. The van der Waals surface area contributed by atoms with Gasteiger partial charge >= 0.3 is 0 Å². The van der Waals surface area contributed by atoms with Crippen LogP contribution in [0, 0.1) is 5.92 Å². The molecular weight excluding hydrogens is 570 g/mol. The molecule has 4 unspecified atom stereocenters. The van der Waals surface area contributed by atoms with E-state index in [0.717, 1.165) is 27.6 Å². The van der Waals surface area contributed by atoms with Gasteiger partial charge in [0.15, 0.2) is 5.78 Å². The van der Waals surface area contributed by atoms with Gasteiger partial charge in [0.25, 0.3) is 0 Å². The maximum atomic E-state index is 13.9. The number of hydrogen-bond acceptors (Lipinski definition) is 6. The summed E-state index contributed by atoms with van der Waals surface area (Å²) >= 11 is 0. The second kappa shape index (κ2) is 14.2. The number of aromatic nitrogens is 1. The van der Waals surface area contributed by atoms with Crippen LogP contribution in [0.25, 0.3) is 10.9 Å². The molecule has 0 spiro atoms. The minimum atomic E-state index is -0.956. The number of carbonyl (C=O) groups is 4. The van der Waals surface area contributed by atoms with Gasteiger partial charge in [-0.2, -0.15) is 0 Å². The van der Waals surface area contributed by atoms with Crippen molar-refractivity contribution >= 4 is 34.4 Å². The molecule has 2 heterocycles. The molecule has 0 bridgehead atoms. The van der Waals surface area contributed by atoms with E-state index in [-0.39, 0.29) is 43.1 Å². The predicted octanol–water partition coefficient (Wildman–Crippen LogP) is 2.77. The summed E-state index contributed by atoms with van der Waals surface area (Å²) in [5.41, 5.74) is 15.4. The van der Waals surface area contributed by atoms with Crippen LogP contribution in [0.3, 0.4) is 0 Å². The molecule has 10 nitrogen and oxygen atoms in total. The number of aromatic amines is 1. The van der Waals surface area contributed by atoms with Gasteiger partial charge in [0.05, 0.1) is 12.1 Å². The molecule has 0 radical (unpaired) electrons. The van der Waals surface area contributed by atoms with Crippen molar-refractivity contribution in [2.75, 3.05) is 6.54 Å². The van der Waals surface area contributed by atoms with Gasteiger partial charge in [0, 0.05) is 42.4 Å². The van der Waals surface area contributed by atoms with Crippen LogP contribution in [0.4, 0.5) is 0 Å². The predicted molar refractivity (Wildman–Crippen MR) is 171 cm³/mol. The molecule has 3 amide bonds. The molecule has 45 heavy (non-hydrogen) atoms. The molecule has 3 aromatic carbocycles. The summed E-state index contributed by atoms with van der Waals surface area (Å²) in [5, 5.41) is 13.3. The fourth-order valence-electron chi connectivity index (χ4n) is 6.12. The summed E-state index contributed by atoms with van der Waals surface area (Å²) in [6.07, 6.45) is 3.57. The van der Waals surface area contributed by atoms with Crippen LogP contribution in [0.5, 0.6) is 5.75 Å². The molecule has 4 atom stereocenters. The Morgan fingerprint density at radius 2 is 1.60 bits per heavy atom. The van der Waals surface area contributed by atoms with E-state index in [0.29, 0.717) is 19.4 Å². The van der Waals surface area contributed by atoms with Crippen molar-refractivity contribution in [3.8, 4) is 5.75 Å². The van der Waals surface area contributed by atoms with E-state index in [4.69, 9.17) is 11.5 Å². The molecule has 4 aromatic rings. The van der Waals surface area contributed by atoms with Crippen LogP contribution in [-0.2, 0) is 38.4 Å². The molecular formula is C35H39N5O5. The van der Waals surface area contributed by atoms with E-state index in [1.165, 1.54) is 17.0 Å². The number of nitrogens with one attached hydrogen (secondary N) is 2. The van der Waals surface area contributed by atoms with Gasteiger partial charge in [-0.25, -0.2) is 0 Å². The Bertz CT molecular complexity index is 1650. The van der Waals surface area contributed by atoms with E-state index in [2.05, 4.69) is 10.3 Å². The first kappa shape index (κ1) is 31.5. The number of aromatic hydroxyl groups is 1. The number of rotatable bonds is 13. The molecule has 234 valence electrons. The molecule has 0 aliphatic carbocycles. The number of primary amides is 1. The van der Waals surface area contributed by atoms with Crippen LogP contribution in [0.1, 0.15) is 36.0 Å². The number of likely N-dealkylation sites (tertiary alicyclic amines) is 1. The van der Waals surface area contributed by atoms with Gasteiger partial charge in [0.2, 0.25) is 17.7 Å². The maximum absolute atomic E-state index is 13.9. The number of nitrogens with zero attached hydrogens (tertiary/aromatic N) is 1. The average molecular weight is 610 g/mol. The number of carbonyl (C=O) groups excluding carboxylic acids is 4. The van der Waals surface area contributed by atoms with Crippen molar-refractivity contribution < 1.29 is 24.3 Å². The highest BCUT2D eigenvalue weighted by Gasteiger charge is 2.38. The van der Waals surface area contributed by atoms with E-state index in [1.807, 2.05) is 60.8 Å². The second-order valence-corrected chi connectivity index (χ2v) is 11.8. The molecule has 0 saturated carbocycles. The quantitative estimate of drug-likeness (QED) is 0.156. The minimum absolute atomic E-state index is 0.121. The first-order chi connectivity index (χ1) is 21.7. The summed E-state index contributed by atoms with van der Waals surface area (Å²) in [7, 11) is 0. The first-order valence-corrected chi connectivity index (χ1v) is 15.2. The zero-order valence-corrected chi connectivity index (χ0v) is 25.0. The fraction of sp³-hybridized carbons (Fsp3) is 0.314. The molecule has 7 N–H and O–H groups in total. The third kappa shape index (κ3) is 7.77. The summed E-state index contributed by atoms with van der Waals surface area (Å²) in [4.78, 5) is 58.2. The van der Waals surface area contributed by atoms with E-state index < -0.39 is 35.9 Å². The van der Waals surface area contributed by atoms with Crippen molar-refractivity contribution in [2.45, 2.75) is 56.7 Å². The lowest BCUT2D eigenvalue weighted by Crippen LogP contribution is -2.51. The van der Waals surface area contributed by atoms with Gasteiger partial charge in [-0.05, 0) is 60.6 Å². The summed E-state index contributed by atoms with van der Waals surface area (Å²) in [5.74, 6) is -2.35. The third-order valence-electron chi connectivity index (χ3n) is 8.52. The van der Waals surface area contributed by atoms with E-state index >= 15 is 0 Å². The number of para-hydroxylation sites is 1. The van der Waals surface area contributed by atoms with Gasteiger partial charge in [0.1, 0.15) is 11.8 Å². The highest BCUT2D eigenvalue weighted by atomic mass is 16.3. The molecule has 1 aliphatic rings. The number of fused-ring (bicyclic) bond motifs is 1. The lowest BCUT2D eigenvalue weighted by atomic mass is 9.90. The second-order valence-electron chi connectivity index (χ2n) is 11.8. The average Bonchev–Trinajstić information content (AvgIpc) is 3.69. The number of Topliss-reactive ketones (excluding diaryl/α,β-unsaturated/α-hetero) is 1. The largest absolute Gasteiger partial charge is 0.508 e. The van der Waals surface area contributed by atoms with Crippen molar-refractivity contribution in [1.82, 2.24) is 15.2 Å². The summed E-state index contributed by atoms with van der Waals surface area (Å²) in [6, 6.07) is 21.0. The first-order valence-electron chi connectivity index (χ1n) is 15.2. The number of amides is 3. The Balaban J connectivity index is 1.33. The smallest absolute Gasteiger partial charge is 0.240 e. The molecule has 1 fully saturated rings. The zero-order chi connectivity index (χ0) is 31.9. The molecule has 1 saturated heterocycles. The fourth-order valence-corrected chi connectivity index (χ4v) is 6.12. The summed E-state index contributed by atoms with van der Waals surface area (Å²) in [6.45, 7) is 0.401. The Morgan fingerprint density at radius 3 is 2.33 bits per heavy atom. The molecule has 5 rings (SSSR count). The van der Waals surface area contributed by atoms with E-state index in [1.54, 1.807) is 12.1 Å². The Kier molecular flexibility index (Phi) is 9.94. The van der Waals surface area contributed by atoms with Crippen molar-refractivity contribution in [1.29, 1.82) is 0 Å². The topological polar surface area (TPSA) is 172 Å². The number of phenols is 1. The number of H-pyrrole nitrogens is 1. The van der Waals surface area contributed by atoms with Crippen LogP contribution < -0.4 is 16.8 Å². The number of hydrogen-bond donors (Lipinski definition) is 5. The van der Waals surface area contributed by atoms with Crippen LogP contribution in [0.2, 0.25) is 0 Å². The highest BCUT2D eigenvalue weighted by molar-refractivity contribution is 5.95. The monoisotopic (exact) mass is 609 g/mol. The summed E-state index contributed by atoms with van der Waals surface area (Å²) < 4.78 is 0. The molecule has 10 heteroatoms. The minimum Gasteiger partial charge on any atom is -0.508 e.